The van der Waals surface area contributed by atoms with Gasteiger partial charge in [0.25, 0.3) is 0 Å². The Morgan fingerprint density at radius 2 is 1.91 bits per heavy atom. The van der Waals surface area contributed by atoms with Crippen LogP contribution in [-0.2, 0) is 14.4 Å². The number of nitrogens with zero attached hydrogens (tertiary/aromatic N) is 2. The molecular formula is C13H17F3N2O4. The Balaban J connectivity index is 2.02. The highest BCUT2D eigenvalue weighted by atomic mass is 19.4. The molecule has 2 saturated heterocycles. The molecule has 2 fully saturated rings. The minimum absolute atomic E-state index is 0.194. The van der Waals surface area contributed by atoms with Crippen molar-refractivity contribution < 1.29 is 32.7 Å². The van der Waals surface area contributed by atoms with Gasteiger partial charge in [-0.25, -0.2) is 0 Å². The highest BCUT2D eigenvalue weighted by Gasteiger charge is 2.53. The predicted molar refractivity (Wildman–Crippen MR) is 67.7 cm³/mol. The van der Waals surface area contributed by atoms with E-state index in [2.05, 4.69) is 0 Å². The van der Waals surface area contributed by atoms with Gasteiger partial charge < -0.3 is 14.9 Å². The molecule has 0 bridgehead atoms. The lowest BCUT2D eigenvalue weighted by Crippen LogP contribution is -2.44. The first-order valence-electron chi connectivity index (χ1n) is 7.05. The molecule has 2 atom stereocenters. The van der Waals surface area contributed by atoms with Crippen LogP contribution in [0.5, 0.6) is 0 Å². The van der Waals surface area contributed by atoms with Gasteiger partial charge in [-0.3, -0.25) is 14.4 Å². The molecule has 0 spiro atoms. The fourth-order valence-electron chi connectivity index (χ4n) is 2.88. The third-order valence-electron chi connectivity index (χ3n) is 4.16. The molecule has 2 heterocycles. The maximum absolute atomic E-state index is 12.9. The number of carboxylic acids is 1. The summed E-state index contributed by atoms with van der Waals surface area (Å²) in [5.41, 5.74) is 0. The van der Waals surface area contributed by atoms with Crippen LogP contribution in [0.4, 0.5) is 13.2 Å². The predicted octanol–water partition coefficient (Wildman–Crippen LogP) is 0.720. The van der Waals surface area contributed by atoms with E-state index in [0.717, 1.165) is 17.7 Å². The van der Waals surface area contributed by atoms with Crippen LogP contribution in [0.2, 0.25) is 0 Å². The molecular weight excluding hydrogens is 305 g/mol. The van der Waals surface area contributed by atoms with Gasteiger partial charge >= 0.3 is 12.1 Å². The standard InChI is InChI=1S/C13H17F3N2O4/c14-13(15,16)9-6-18(5-8(9)12(21)22)11(20)7-17-4-2-1-3-10(17)19/h8-9H,1-7H2,(H,21,22)/t8-,9-/m1/s1. The van der Waals surface area contributed by atoms with Crippen molar-refractivity contribution in [1.82, 2.24) is 9.80 Å². The van der Waals surface area contributed by atoms with Crippen LogP contribution in [0.15, 0.2) is 0 Å². The maximum atomic E-state index is 12.9. The molecule has 0 radical (unpaired) electrons. The molecule has 2 rings (SSSR count). The fourth-order valence-corrected chi connectivity index (χ4v) is 2.88. The minimum atomic E-state index is -4.67. The summed E-state index contributed by atoms with van der Waals surface area (Å²) in [6.45, 7) is -1.01. The smallest absolute Gasteiger partial charge is 0.394 e. The molecule has 1 N–H and O–H groups in total. The van der Waals surface area contributed by atoms with Crippen molar-refractivity contribution in [3.05, 3.63) is 0 Å². The molecule has 6 nitrogen and oxygen atoms in total. The van der Waals surface area contributed by atoms with Crippen LogP contribution in [0.3, 0.4) is 0 Å². The summed E-state index contributed by atoms with van der Waals surface area (Å²) in [5, 5.41) is 8.91. The second-order valence-corrected chi connectivity index (χ2v) is 5.66. The molecule has 2 aliphatic rings. The highest BCUT2D eigenvalue weighted by molar-refractivity contribution is 5.86. The van der Waals surface area contributed by atoms with Gasteiger partial charge in [0.2, 0.25) is 11.8 Å². The molecule has 0 aromatic heterocycles. The SMILES string of the molecule is O=C(O)[C@@H]1CN(C(=O)CN2CCCCC2=O)C[C@H]1C(F)(F)F. The van der Waals surface area contributed by atoms with E-state index in [4.69, 9.17) is 5.11 Å². The summed E-state index contributed by atoms with van der Waals surface area (Å²) < 4.78 is 38.6. The summed E-state index contributed by atoms with van der Waals surface area (Å²) in [4.78, 5) is 36.9. The zero-order chi connectivity index (χ0) is 16.5. The van der Waals surface area contributed by atoms with Gasteiger partial charge in [-0.1, -0.05) is 0 Å². The topological polar surface area (TPSA) is 77.9 Å². The van der Waals surface area contributed by atoms with Crippen LogP contribution in [0.25, 0.3) is 0 Å². The molecule has 2 aliphatic heterocycles. The fraction of sp³-hybridized carbons (Fsp3) is 0.769. The number of carbonyl (C=O) groups is 3. The number of carboxylic acid groups (broad SMARTS) is 1. The third kappa shape index (κ3) is 3.50. The average Bonchev–Trinajstić information content (AvgIpc) is 2.86. The summed E-state index contributed by atoms with van der Waals surface area (Å²) in [6.07, 6.45) is -2.85. The van der Waals surface area contributed by atoms with Crippen LogP contribution in [0.1, 0.15) is 19.3 Å². The summed E-state index contributed by atoms with van der Waals surface area (Å²) in [5.74, 6) is -6.10. The van der Waals surface area contributed by atoms with Crippen molar-refractivity contribution in [3.8, 4) is 0 Å². The molecule has 0 aromatic rings. The van der Waals surface area contributed by atoms with Crippen LogP contribution < -0.4 is 0 Å². The van der Waals surface area contributed by atoms with E-state index in [0.29, 0.717) is 13.0 Å². The Bertz CT molecular complexity index is 480. The van der Waals surface area contributed by atoms with Crippen molar-refractivity contribution in [2.75, 3.05) is 26.2 Å². The van der Waals surface area contributed by atoms with Crippen molar-refractivity contribution in [2.24, 2.45) is 11.8 Å². The van der Waals surface area contributed by atoms with E-state index in [1.807, 2.05) is 0 Å². The Hall–Kier alpha value is -1.80. The second-order valence-electron chi connectivity index (χ2n) is 5.66. The van der Waals surface area contributed by atoms with Crippen molar-refractivity contribution in [1.29, 1.82) is 0 Å². The van der Waals surface area contributed by atoms with Crippen molar-refractivity contribution >= 4 is 17.8 Å². The molecule has 2 amide bonds. The molecule has 0 aromatic carbocycles. The third-order valence-corrected chi connectivity index (χ3v) is 4.16. The zero-order valence-corrected chi connectivity index (χ0v) is 11.8. The molecule has 0 saturated carbocycles. The lowest BCUT2D eigenvalue weighted by Gasteiger charge is -2.28. The Labute approximate surface area is 124 Å². The van der Waals surface area contributed by atoms with Crippen molar-refractivity contribution in [3.63, 3.8) is 0 Å². The van der Waals surface area contributed by atoms with Crippen molar-refractivity contribution in [2.45, 2.75) is 25.4 Å². The van der Waals surface area contributed by atoms with Gasteiger partial charge in [0.15, 0.2) is 0 Å². The Kier molecular flexibility index (Phi) is 4.62. The van der Waals surface area contributed by atoms with Crippen LogP contribution in [-0.4, -0.2) is 65.0 Å². The number of alkyl halides is 3. The largest absolute Gasteiger partial charge is 0.481 e. The molecule has 22 heavy (non-hydrogen) atoms. The maximum Gasteiger partial charge on any atom is 0.394 e. The van der Waals surface area contributed by atoms with E-state index < -0.39 is 43.0 Å². The lowest BCUT2D eigenvalue weighted by molar-refractivity contribution is -0.188. The molecule has 0 unspecified atom stereocenters. The van der Waals surface area contributed by atoms with E-state index in [9.17, 15) is 27.6 Å². The first kappa shape index (κ1) is 16.6. The Morgan fingerprint density at radius 1 is 1.23 bits per heavy atom. The average molecular weight is 322 g/mol. The second kappa shape index (κ2) is 6.13. The molecule has 0 aliphatic carbocycles. The normalized spacial score (nSPS) is 26.4. The first-order chi connectivity index (χ1) is 10.2. The summed E-state index contributed by atoms with van der Waals surface area (Å²) >= 11 is 0. The van der Waals surface area contributed by atoms with Crippen LogP contribution >= 0.6 is 0 Å². The number of likely N-dealkylation sites (tertiary alicyclic amines) is 2. The summed E-state index contributed by atoms with van der Waals surface area (Å²) in [7, 11) is 0. The number of carbonyl (C=O) groups excluding carboxylic acids is 2. The summed E-state index contributed by atoms with van der Waals surface area (Å²) in [6, 6.07) is 0. The van der Waals surface area contributed by atoms with Gasteiger partial charge in [-0.2, -0.15) is 13.2 Å². The molecule has 124 valence electrons. The Morgan fingerprint density at radius 3 is 2.41 bits per heavy atom. The van der Waals surface area contributed by atoms with E-state index in [-0.39, 0.29) is 12.5 Å². The number of hydrogen-bond donors (Lipinski definition) is 1. The number of piperidine rings is 1. The van der Waals surface area contributed by atoms with Gasteiger partial charge in [0.05, 0.1) is 18.4 Å². The number of rotatable bonds is 3. The van der Waals surface area contributed by atoms with Crippen LogP contribution in [0, 0.1) is 11.8 Å². The molecule has 9 heteroatoms. The van der Waals surface area contributed by atoms with Gasteiger partial charge in [0, 0.05) is 26.1 Å². The minimum Gasteiger partial charge on any atom is -0.481 e. The van der Waals surface area contributed by atoms with E-state index in [1.54, 1.807) is 0 Å². The van der Waals surface area contributed by atoms with E-state index in [1.165, 1.54) is 4.90 Å². The monoisotopic (exact) mass is 322 g/mol. The number of amides is 2. The van der Waals surface area contributed by atoms with Gasteiger partial charge in [0.1, 0.15) is 0 Å². The quantitative estimate of drug-likeness (QED) is 0.830. The lowest BCUT2D eigenvalue weighted by atomic mass is 9.96. The van der Waals surface area contributed by atoms with Gasteiger partial charge in [-0.05, 0) is 12.8 Å². The highest BCUT2D eigenvalue weighted by Crippen LogP contribution is 2.37. The zero-order valence-electron chi connectivity index (χ0n) is 11.8. The number of halogens is 3. The van der Waals surface area contributed by atoms with Gasteiger partial charge in [-0.15, -0.1) is 0 Å². The number of hydrogen-bond acceptors (Lipinski definition) is 3. The van der Waals surface area contributed by atoms with E-state index >= 15 is 0 Å². The first-order valence-corrected chi connectivity index (χ1v) is 7.05. The number of aliphatic carboxylic acids is 1.